The lowest BCUT2D eigenvalue weighted by molar-refractivity contribution is -0.132. The first-order valence-electron chi connectivity index (χ1n) is 8.01. The second-order valence-electron chi connectivity index (χ2n) is 5.54. The minimum absolute atomic E-state index is 0.0360. The van der Waals surface area contributed by atoms with E-state index in [4.69, 9.17) is 0 Å². The number of amides is 1. The monoisotopic (exact) mass is 399 g/mol. The molecule has 128 valence electrons. The van der Waals surface area contributed by atoms with E-state index in [1.807, 2.05) is 61.5 Å². The zero-order chi connectivity index (χ0) is 17.6. The molecule has 0 N–H and O–H groups in total. The lowest BCUT2D eigenvalue weighted by atomic mass is 10.2. The zero-order valence-electron chi connectivity index (χ0n) is 13.8. The number of carbonyl (C=O) groups excluding carboxylic acids is 1. The summed E-state index contributed by atoms with van der Waals surface area (Å²) in [5.41, 5.74) is 1.96. The molecule has 0 bridgehead atoms. The van der Waals surface area contributed by atoms with Crippen LogP contribution in [0.3, 0.4) is 0 Å². The van der Waals surface area contributed by atoms with E-state index in [-0.39, 0.29) is 12.5 Å². The standard InChI is InChI=1S/C18H18BrN5O/c1-2-23(12-14-6-4-3-5-7-14)17(25)13-24-21-18(20-22-24)15-8-10-16(19)11-9-15/h3-11H,2,12-13H2,1H3. The summed E-state index contributed by atoms with van der Waals surface area (Å²) in [4.78, 5) is 15.6. The zero-order valence-corrected chi connectivity index (χ0v) is 15.4. The highest BCUT2D eigenvalue weighted by molar-refractivity contribution is 9.10. The van der Waals surface area contributed by atoms with E-state index < -0.39 is 0 Å². The lowest BCUT2D eigenvalue weighted by Crippen LogP contribution is -2.33. The molecule has 1 heterocycles. The first-order valence-corrected chi connectivity index (χ1v) is 8.80. The van der Waals surface area contributed by atoms with Crippen molar-refractivity contribution < 1.29 is 4.79 Å². The van der Waals surface area contributed by atoms with E-state index in [1.54, 1.807) is 4.90 Å². The van der Waals surface area contributed by atoms with Crippen LogP contribution in [0.5, 0.6) is 0 Å². The van der Waals surface area contributed by atoms with Crippen molar-refractivity contribution in [2.75, 3.05) is 6.54 Å². The summed E-state index contributed by atoms with van der Waals surface area (Å²) in [6.07, 6.45) is 0. The predicted molar refractivity (Wildman–Crippen MR) is 98.5 cm³/mol. The Morgan fingerprint density at radius 1 is 1.12 bits per heavy atom. The van der Waals surface area contributed by atoms with Gasteiger partial charge >= 0.3 is 0 Å². The molecule has 1 amide bonds. The van der Waals surface area contributed by atoms with E-state index in [9.17, 15) is 4.79 Å². The normalized spacial score (nSPS) is 10.6. The average molecular weight is 400 g/mol. The number of nitrogens with zero attached hydrogens (tertiary/aromatic N) is 5. The molecule has 0 aliphatic heterocycles. The molecule has 3 aromatic rings. The number of aromatic nitrogens is 4. The van der Waals surface area contributed by atoms with Crippen molar-refractivity contribution in [3.63, 3.8) is 0 Å². The number of rotatable bonds is 6. The Morgan fingerprint density at radius 3 is 2.52 bits per heavy atom. The summed E-state index contributed by atoms with van der Waals surface area (Å²) in [5, 5.41) is 12.3. The minimum Gasteiger partial charge on any atom is -0.337 e. The lowest BCUT2D eigenvalue weighted by Gasteiger charge is -2.20. The van der Waals surface area contributed by atoms with Gasteiger partial charge in [-0.2, -0.15) is 4.80 Å². The van der Waals surface area contributed by atoms with Crippen LogP contribution in [-0.4, -0.2) is 37.6 Å². The van der Waals surface area contributed by atoms with Gasteiger partial charge in [0.05, 0.1) is 0 Å². The fourth-order valence-electron chi connectivity index (χ4n) is 2.43. The summed E-state index contributed by atoms with van der Waals surface area (Å²) in [6, 6.07) is 17.6. The molecule has 0 spiro atoms. The summed E-state index contributed by atoms with van der Waals surface area (Å²) in [7, 11) is 0. The first kappa shape index (κ1) is 17.3. The molecule has 1 aromatic heterocycles. The third kappa shape index (κ3) is 4.51. The van der Waals surface area contributed by atoms with Crippen LogP contribution in [-0.2, 0) is 17.9 Å². The number of carbonyl (C=O) groups is 1. The summed E-state index contributed by atoms with van der Waals surface area (Å²) >= 11 is 3.40. The van der Waals surface area contributed by atoms with Gasteiger partial charge in [0, 0.05) is 23.1 Å². The number of tetrazole rings is 1. The molecule has 0 unspecified atom stereocenters. The van der Waals surface area contributed by atoms with Gasteiger partial charge in [0.1, 0.15) is 6.54 Å². The molecule has 0 saturated carbocycles. The number of benzene rings is 2. The highest BCUT2D eigenvalue weighted by Crippen LogP contribution is 2.17. The highest BCUT2D eigenvalue weighted by Gasteiger charge is 2.15. The van der Waals surface area contributed by atoms with Gasteiger partial charge in [-0.15, -0.1) is 10.2 Å². The maximum Gasteiger partial charge on any atom is 0.246 e. The molecule has 0 fully saturated rings. The second-order valence-corrected chi connectivity index (χ2v) is 6.46. The van der Waals surface area contributed by atoms with E-state index in [1.165, 1.54) is 4.80 Å². The Bertz CT molecular complexity index is 832. The van der Waals surface area contributed by atoms with Crippen LogP contribution in [0.2, 0.25) is 0 Å². The van der Waals surface area contributed by atoms with Gasteiger partial charge in [0.25, 0.3) is 0 Å². The number of likely N-dealkylation sites (N-methyl/N-ethyl adjacent to an activating group) is 1. The van der Waals surface area contributed by atoms with Gasteiger partial charge in [-0.05, 0) is 42.0 Å². The molecule has 2 aromatic carbocycles. The first-order chi connectivity index (χ1) is 12.2. The van der Waals surface area contributed by atoms with Crippen molar-refractivity contribution in [1.29, 1.82) is 0 Å². The van der Waals surface area contributed by atoms with Crippen LogP contribution in [0.25, 0.3) is 11.4 Å². The van der Waals surface area contributed by atoms with Crippen molar-refractivity contribution in [3.8, 4) is 11.4 Å². The molecule has 0 radical (unpaired) electrons. The Kier molecular flexibility index (Phi) is 5.55. The number of hydrogen-bond acceptors (Lipinski definition) is 4. The van der Waals surface area contributed by atoms with Gasteiger partial charge in [-0.1, -0.05) is 46.3 Å². The quantitative estimate of drug-likeness (QED) is 0.638. The minimum atomic E-state index is -0.0360. The number of hydrogen-bond donors (Lipinski definition) is 0. The van der Waals surface area contributed by atoms with Gasteiger partial charge in [0.2, 0.25) is 11.7 Å². The Balaban J connectivity index is 1.67. The van der Waals surface area contributed by atoms with Crippen LogP contribution in [0.15, 0.2) is 59.1 Å². The Morgan fingerprint density at radius 2 is 1.84 bits per heavy atom. The van der Waals surface area contributed by atoms with Crippen molar-refractivity contribution >= 4 is 21.8 Å². The molecule has 3 rings (SSSR count). The fraction of sp³-hybridized carbons (Fsp3) is 0.222. The largest absolute Gasteiger partial charge is 0.337 e. The van der Waals surface area contributed by atoms with Crippen LogP contribution in [0.1, 0.15) is 12.5 Å². The molecular weight excluding hydrogens is 382 g/mol. The average Bonchev–Trinajstić information content (AvgIpc) is 3.09. The molecule has 25 heavy (non-hydrogen) atoms. The van der Waals surface area contributed by atoms with Gasteiger partial charge in [-0.3, -0.25) is 4.79 Å². The van der Waals surface area contributed by atoms with Gasteiger partial charge < -0.3 is 4.90 Å². The van der Waals surface area contributed by atoms with Gasteiger partial charge in [-0.25, -0.2) is 0 Å². The molecule has 7 heteroatoms. The third-order valence-electron chi connectivity index (χ3n) is 3.78. The smallest absolute Gasteiger partial charge is 0.246 e. The summed E-state index contributed by atoms with van der Waals surface area (Å²) in [5.74, 6) is 0.470. The van der Waals surface area contributed by atoms with Crippen molar-refractivity contribution in [1.82, 2.24) is 25.1 Å². The predicted octanol–water partition coefficient (Wildman–Crippen LogP) is 3.15. The topological polar surface area (TPSA) is 63.9 Å². The summed E-state index contributed by atoms with van der Waals surface area (Å²) < 4.78 is 0.985. The molecule has 0 saturated heterocycles. The maximum absolute atomic E-state index is 12.5. The molecule has 0 atom stereocenters. The van der Waals surface area contributed by atoms with Crippen LogP contribution < -0.4 is 0 Å². The molecular formula is C18H18BrN5O. The van der Waals surface area contributed by atoms with Crippen LogP contribution in [0, 0.1) is 0 Å². The number of halogens is 1. The van der Waals surface area contributed by atoms with Crippen molar-refractivity contribution in [2.24, 2.45) is 0 Å². The summed E-state index contributed by atoms with van der Waals surface area (Å²) in [6.45, 7) is 3.24. The SMILES string of the molecule is CCN(Cc1ccccc1)C(=O)Cn1nnc(-c2ccc(Br)cc2)n1. The molecule has 6 nitrogen and oxygen atoms in total. The van der Waals surface area contributed by atoms with E-state index in [2.05, 4.69) is 31.3 Å². The van der Waals surface area contributed by atoms with E-state index in [0.29, 0.717) is 18.9 Å². The van der Waals surface area contributed by atoms with Crippen LogP contribution >= 0.6 is 15.9 Å². The van der Waals surface area contributed by atoms with Crippen molar-refractivity contribution in [3.05, 3.63) is 64.6 Å². The maximum atomic E-state index is 12.5. The third-order valence-corrected chi connectivity index (χ3v) is 4.31. The highest BCUT2D eigenvalue weighted by atomic mass is 79.9. The molecule has 0 aliphatic carbocycles. The van der Waals surface area contributed by atoms with Crippen LogP contribution in [0.4, 0.5) is 0 Å². The second kappa shape index (κ2) is 8.02. The Labute approximate surface area is 154 Å². The van der Waals surface area contributed by atoms with E-state index in [0.717, 1.165) is 15.6 Å². The van der Waals surface area contributed by atoms with Crippen molar-refractivity contribution in [2.45, 2.75) is 20.0 Å². The fourth-order valence-corrected chi connectivity index (χ4v) is 2.69. The Hall–Kier alpha value is -2.54. The molecule has 0 aliphatic rings. The van der Waals surface area contributed by atoms with E-state index >= 15 is 0 Å². The van der Waals surface area contributed by atoms with Gasteiger partial charge in [0.15, 0.2) is 0 Å².